The highest BCUT2D eigenvalue weighted by Gasteiger charge is 2.49. The van der Waals surface area contributed by atoms with Crippen molar-refractivity contribution in [3.63, 3.8) is 0 Å². The molecule has 1 aromatic heterocycles. The molecule has 0 radical (unpaired) electrons. The molecule has 0 saturated carbocycles. The number of carbonyl (C=O) groups excluding carboxylic acids is 1. The summed E-state index contributed by atoms with van der Waals surface area (Å²) in [5, 5.41) is 9.46. The van der Waals surface area contributed by atoms with Gasteiger partial charge in [0.25, 0.3) is 0 Å². The van der Waals surface area contributed by atoms with Gasteiger partial charge in [0.2, 0.25) is 5.91 Å². The van der Waals surface area contributed by atoms with Gasteiger partial charge in [0, 0.05) is 44.6 Å². The molecule has 0 aliphatic carbocycles. The maximum absolute atomic E-state index is 12.3. The maximum Gasteiger partial charge on any atom is 0.337 e. The predicted molar refractivity (Wildman–Crippen MR) is 107 cm³/mol. The van der Waals surface area contributed by atoms with Crippen molar-refractivity contribution in [3.8, 4) is 0 Å². The first kappa shape index (κ1) is 18.7. The fourth-order valence-corrected chi connectivity index (χ4v) is 4.93. The fraction of sp³-hybridized carbons (Fsp3) is 0.381. The van der Waals surface area contributed by atoms with Gasteiger partial charge in [0.15, 0.2) is 0 Å². The van der Waals surface area contributed by atoms with Gasteiger partial charge < -0.3 is 14.9 Å². The highest BCUT2D eigenvalue weighted by atomic mass is 35.5. The van der Waals surface area contributed by atoms with Crippen molar-refractivity contribution in [2.75, 3.05) is 24.5 Å². The number of hydrogen-bond donors (Lipinski definition) is 1. The first-order valence-corrected chi connectivity index (χ1v) is 9.71. The predicted octanol–water partition coefficient (Wildman–Crippen LogP) is 3.40. The number of amides is 1. The molecule has 2 aromatic rings. The number of pyridine rings is 1. The van der Waals surface area contributed by atoms with Gasteiger partial charge in [-0.2, -0.15) is 0 Å². The van der Waals surface area contributed by atoms with Crippen molar-refractivity contribution >= 4 is 29.3 Å². The second kappa shape index (κ2) is 7.09. The molecule has 1 amide bonds. The molecule has 146 valence electrons. The van der Waals surface area contributed by atoms with E-state index in [9.17, 15) is 9.59 Å². The largest absolute Gasteiger partial charge is 0.478 e. The summed E-state index contributed by atoms with van der Waals surface area (Å²) >= 11 is 6.34. The number of anilines is 1. The molecule has 7 heteroatoms. The van der Waals surface area contributed by atoms with Crippen LogP contribution in [0.25, 0.3) is 0 Å². The zero-order valence-corrected chi connectivity index (χ0v) is 16.6. The second-order valence-electron chi connectivity index (χ2n) is 7.64. The Morgan fingerprint density at radius 3 is 2.61 bits per heavy atom. The van der Waals surface area contributed by atoms with Crippen LogP contribution in [0.3, 0.4) is 0 Å². The van der Waals surface area contributed by atoms with E-state index in [0.29, 0.717) is 23.3 Å². The van der Waals surface area contributed by atoms with Gasteiger partial charge in [0.05, 0.1) is 16.6 Å². The Bertz CT molecular complexity index is 948. The molecule has 2 aliphatic heterocycles. The number of aromatic nitrogens is 1. The van der Waals surface area contributed by atoms with Crippen LogP contribution in [0, 0.1) is 18.8 Å². The molecule has 3 atom stereocenters. The van der Waals surface area contributed by atoms with Crippen LogP contribution < -0.4 is 4.90 Å². The Labute approximate surface area is 168 Å². The number of aromatic carboxylic acids is 1. The van der Waals surface area contributed by atoms with Crippen molar-refractivity contribution in [3.05, 3.63) is 58.2 Å². The molecular formula is C21H22ClN3O3. The molecule has 0 spiro atoms. The number of carbonyl (C=O) groups is 2. The average molecular weight is 400 g/mol. The first-order valence-electron chi connectivity index (χ1n) is 9.33. The Hall–Kier alpha value is -2.60. The quantitative estimate of drug-likeness (QED) is 0.856. The number of halogens is 1. The van der Waals surface area contributed by atoms with Crippen LogP contribution in [0.15, 0.2) is 36.5 Å². The SMILES string of the molecule is CC(=O)N1C[C@H]2CN(c3ncc(C(=O)O)cc3Cl)C[C@H]2[C@@H]1c1ccccc1C. The lowest BCUT2D eigenvalue weighted by Crippen LogP contribution is -2.34. The molecule has 2 saturated heterocycles. The Kier molecular flexibility index (Phi) is 4.75. The van der Waals surface area contributed by atoms with Gasteiger partial charge in [-0.3, -0.25) is 4.79 Å². The van der Waals surface area contributed by atoms with Crippen molar-refractivity contribution < 1.29 is 14.7 Å². The fourth-order valence-electron chi connectivity index (χ4n) is 4.64. The highest BCUT2D eigenvalue weighted by Crippen LogP contribution is 2.47. The number of carboxylic acids is 1. The van der Waals surface area contributed by atoms with Crippen LogP contribution in [0.5, 0.6) is 0 Å². The monoisotopic (exact) mass is 399 g/mol. The topological polar surface area (TPSA) is 73.7 Å². The summed E-state index contributed by atoms with van der Waals surface area (Å²) in [5.41, 5.74) is 2.45. The van der Waals surface area contributed by atoms with Gasteiger partial charge in [-0.1, -0.05) is 35.9 Å². The summed E-state index contributed by atoms with van der Waals surface area (Å²) in [6.07, 6.45) is 1.35. The Morgan fingerprint density at radius 2 is 1.96 bits per heavy atom. The van der Waals surface area contributed by atoms with Crippen molar-refractivity contribution in [1.29, 1.82) is 0 Å². The van der Waals surface area contributed by atoms with E-state index in [0.717, 1.165) is 13.1 Å². The number of benzene rings is 1. The molecule has 0 unspecified atom stereocenters. The van der Waals surface area contributed by atoms with E-state index >= 15 is 0 Å². The second-order valence-corrected chi connectivity index (χ2v) is 8.04. The highest BCUT2D eigenvalue weighted by molar-refractivity contribution is 6.33. The van der Waals surface area contributed by atoms with Gasteiger partial charge in [0.1, 0.15) is 5.82 Å². The van der Waals surface area contributed by atoms with Crippen LogP contribution in [-0.2, 0) is 4.79 Å². The van der Waals surface area contributed by atoms with E-state index in [2.05, 4.69) is 28.9 Å². The first-order chi connectivity index (χ1) is 13.4. The van der Waals surface area contributed by atoms with Crippen LogP contribution in [0.1, 0.15) is 34.5 Å². The number of fused-ring (bicyclic) bond motifs is 1. The molecular weight excluding hydrogens is 378 g/mol. The number of likely N-dealkylation sites (tertiary alicyclic amines) is 1. The van der Waals surface area contributed by atoms with E-state index in [1.165, 1.54) is 23.4 Å². The molecule has 3 heterocycles. The summed E-state index contributed by atoms with van der Waals surface area (Å²) in [6, 6.07) is 9.69. The van der Waals surface area contributed by atoms with Gasteiger partial charge in [-0.05, 0) is 24.1 Å². The molecule has 6 nitrogen and oxygen atoms in total. The third-order valence-corrected chi connectivity index (χ3v) is 6.22. The molecule has 4 rings (SSSR count). The van der Waals surface area contributed by atoms with E-state index in [1.54, 1.807) is 6.92 Å². The molecule has 0 bridgehead atoms. The molecule has 1 N–H and O–H groups in total. The summed E-state index contributed by atoms with van der Waals surface area (Å²) in [4.78, 5) is 31.8. The third-order valence-electron chi connectivity index (χ3n) is 5.94. The number of rotatable bonds is 3. The van der Waals surface area contributed by atoms with Crippen LogP contribution in [-0.4, -0.2) is 46.5 Å². The zero-order chi connectivity index (χ0) is 20.0. The minimum Gasteiger partial charge on any atom is -0.478 e. The van der Waals surface area contributed by atoms with Crippen molar-refractivity contribution in [1.82, 2.24) is 9.88 Å². The third kappa shape index (κ3) is 3.11. The summed E-state index contributed by atoms with van der Waals surface area (Å²) in [6.45, 7) is 5.90. The van der Waals surface area contributed by atoms with Crippen LogP contribution >= 0.6 is 11.6 Å². The average Bonchev–Trinajstić information content (AvgIpc) is 3.20. The van der Waals surface area contributed by atoms with Gasteiger partial charge >= 0.3 is 5.97 Å². The number of carboxylic acid groups (broad SMARTS) is 1. The lowest BCUT2D eigenvalue weighted by Gasteiger charge is -2.30. The summed E-state index contributed by atoms with van der Waals surface area (Å²) in [7, 11) is 0. The smallest absolute Gasteiger partial charge is 0.337 e. The standard InChI is InChI=1S/C21H22ClN3O3/c1-12-5-3-4-6-16(12)19-17-11-24(9-15(17)10-25(19)13(2)26)20-18(22)7-14(8-23-20)21(27)28/h3-8,15,17,19H,9-11H2,1-2H3,(H,27,28)/t15-,17-,19+/m1/s1. The minimum absolute atomic E-state index is 0.0331. The zero-order valence-electron chi connectivity index (χ0n) is 15.8. The van der Waals surface area contributed by atoms with E-state index < -0.39 is 5.97 Å². The lowest BCUT2D eigenvalue weighted by atomic mass is 9.87. The van der Waals surface area contributed by atoms with E-state index in [-0.39, 0.29) is 23.4 Å². The van der Waals surface area contributed by atoms with Gasteiger partial charge in [-0.25, -0.2) is 9.78 Å². The molecule has 2 aliphatic rings. The molecule has 28 heavy (non-hydrogen) atoms. The van der Waals surface area contributed by atoms with Crippen molar-refractivity contribution in [2.45, 2.75) is 19.9 Å². The minimum atomic E-state index is -1.05. The number of nitrogens with zero attached hydrogens (tertiary/aromatic N) is 3. The Balaban J connectivity index is 1.64. The maximum atomic E-state index is 12.3. The van der Waals surface area contributed by atoms with Gasteiger partial charge in [-0.15, -0.1) is 0 Å². The Morgan fingerprint density at radius 1 is 1.21 bits per heavy atom. The normalized spacial score (nSPS) is 23.8. The number of aryl methyl sites for hydroxylation is 1. The van der Waals surface area contributed by atoms with Crippen molar-refractivity contribution in [2.24, 2.45) is 11.8 Å². The lowest BCUT2D eigenvalue weighted by molar-refractivity contribution is -0.130. The van der Waals surface area contributed by atoms with Crippen LogP contribution in [0.4, 0.5) is 5.82 Å². The summed E-state index contributed by atoms with van der Waals surface area (Å²) < 4.78 is 0. The van der Waals surface area contributed by atoms with Crippen LogP contribution in [0.2, 0.25) is 5.02 Å². The molecule has 1 aromatic carbocycles. The van der Waals surface area contributed by atoms with E-state index in [1.807, 2.05) is 17.0 Å². The van der Waals surface area contributed by atoms with E-state index in [4.69, 9.17) is 16.7 Å². The molecule has 2 fully saturated rings. The summed E-state index contributed by atoms with van der Waals surface area (Å²) in [5.74, 6) is 0.263. The number of hydrogen-bond acceptors (Lipinski definition) is 4.